The summed E-state index contributed by atoms with van der Waals surface area (Å²) in [6, 6.07) is 4.49. The van der Waals surface area contributed by atoms with Gasteiger partial charge in [0.25, 0.3) is 0 Å². The molecule has 0 aliphatic carbocycles. The first kappa shape index (κ1) is 16.5. The minimum Gasteiger partial charge on any atom is -0.478 e. The third kappa shape index (κ3) is 3.30. The molecule has 1 saturated heterocycles. The third-order valence-electron chi connectivity index (χ3n) is 3.65. The molecule has 1 aromatic rings. The Hall–Kier alpha value is -0.910. The molecule has 21 heavy (non-hydrogen) atoms. The monoisotopic (exact) mass is 330 g/mol. The smallest absolute Gasteiger partial charge is 0.337 e. The Bertz CT molecular complexity index is 610. The molecule has 4 nitrogen and oxygen atoms in total. The highest BCUT2D eigenvalue weighted by atomic mass is 35.5. The van der Waals surface area contributed by atoms with Gasteiger partial charge in [0.1, 0.15) is 0 Å². The van der Waals surface area contributed by atoms with E-state index in [1.807, 2.05) is 27.7 Å². The first-order chi connectivity index (χ1) is 9.53. The van der Waals surface area contributed by atoms with E-state index in [9.17, 15) is 9.00 Å². The van der Waals surface area contributed by atoms with Crippen molar-refractivity contribution in [2.75, 3.05) is 0 Å². The zero-order chi connectivity index (χ0) is 16.0. The molecular formula is C15H19ClO4S. The van der Waals surface area contributed by atoms with Crippen molar-refractivity contribution in [3.8, 4) is 0 Å². The number of carboxylic acid groups (broad SMARTS) is 1. The standard InChI is InChI=1S/C15H19ClO4S/c1-14(2)8-12(15(3,4)20-14)21(19)9-5-6-11(16)10(7-9)13(17)18/h5-7,12H,8H2,1-4H3,(H,17,18). The minimum absolute atomic E-state index is 0.0292. The molecule has 0 radical (unpaired) electrons. The fraction of sp³-hybridized carbons (Fsp3) is 0.533. The van der Waals surface area contributed by atoms with E-state index < -0.39 is 22.4 Å². The molecule has 0 spiro atoms. The van der Waals surface area contributed by atoms with Crippen LogP contribution in [0.3, 0.4) is 0 Å². The lowest BCUT2D eigenvalue weighted by atomic mass is 10.0. The average Bonchev–Trinajstić information content (AvgIpc) is 2.56. The summed E-state index contributed by atoms with van der Waals surface area (Å²) in [5.74, 6) is -1.12. The molecule has 1 heterocycles. The molecule has 2 unspecified atom stereocenters. The summed E-state index contributed by atoms with van der Waals surface area (Å²) in [4.78, 5) is 11.6. The molecule has 0 aromatic heterocycles. The Morgan fingerprint density at radius 2 is 2.00 bits per heavy atom. The van der Waals surface area contributed by atoms with E-state index in [0.717, 1.165) is 0 Å². The molecule has 2 rings (SSSR count). The van der Waals surface area contributed by atoms with Crippen LogP contribution in [0.1, 0.15) is 44.5 Å². The number of carbonyl (C=O) groups is 1. The second-order valence-electron chi connectivity index (χ2n) is 6.40. The SMILES string of the molecule is CC1(C)CC(S(=O)c2ccc(Cl)c(C(=O)O)c2)C(C)(C)O1. The van der Waals surface area contributed by atoms with E-state index in [4.69, 9.17) is 21.4 Å². The van der Waals surface area contributed by atoms with Crippen molar-refractivity contribution in [2.24, 2.45) is 0 Å². The molecule has 1 aliphatic rings. The van der Waals surface area contributed by atoms with Gasteiger partial charge in [-0.2, -0.15) is 0 Å². The maximum atomic E-state index is 12.8. The van der Waals surface area contributed by atoms with Gasteiger partial charge in [0.15, 0.2) is 0 Å². The second-order valence-corrected chi connectivity index (χ2v) is 8.44. The highest BCUT2D eigenvalue weighted by Gasteiger charge is 2.49. The number of hydrogen-bond donors (Lipinski definition) is 1. The highest BCUT2D eigenvalue weighted by molar-refractivity contribution is 7.85. The normalized spacial score (nSPS) is 24.7. The summed E-state index contributed by atoms with van der Waals surface area (Å²) in [5.41, 5.74) is -0.901. The maximum Gasteiger partial charge on any atom is 0.337 e. The first-order valence-corrected chi connectivity index (χ1v) is 8.26. The van der Waals surface area contributed by atoms with Crippen LogP contribution in [0.15, 0.2) is 23.1 Å². The molecule has 116 valence electrons. The zero-order valence-corrected chi connectivity index (χ0v) is 14.0. The Kier molecular flexibility index (Phi) is 4.21. The Balaban J connectivity index is 2.37. The Morgan fingerprint density at radius 1 is 1.38 bits per heavy atom. The van der Waals surface area contributed by atoms with Gasteiger partial charge in [0, 0.05) is 4.90 Å². The van der Waals surface area contributed by atoms with Crippen LogP contribution in [0.4, 0.5) is 0 Å². The fourth-order valence-corrected chi connectivity index (χ4v) is 4.88. The van der Waals surface area contributed by atoms with E-state index in [2.05, 4.69) is 0 Å². The lowest BCUT2D eigenvalue weighted by Gasteiger charge is -2.26. The lowest BCUT2D eigenvalue weighted by Crippen LogP contribution is -2.35. The van der Waals surface area contributed by atoms with Crippen LogP contribution in [0.2, 0.25) is 5.02 Å². The number of halogens is 1. The lowest BCUT2D eigenvalue weighted by molar-refractivity contribution is -0.0633. The predicted octanol–water partition coefficient (Wildman–Crippen LogP) is 3.49. The maximum absolute atomic E-state index is 12.8. The average molecular weight is 331 g/mol. The topological polar surface area (TPSA) is 63.6 Å². The van der Waals surface area contributed by atoms with Crippen molar-refractivity contribution >= 4 is 28.4 Å². The number of ether oxygens (including phenoxy) is 1. The van der Waals surface area contributed by atoms with Crippen molar-refractivity contribution in [1.82, 2.24) is 0 Å². The van der Waals surface area contributed by atoms with E-state index in [-0.39, 0.29) is 21.4 Å². The van der Waals surface area contributed by atoms with Crippen molar-refractivity contribution in [2.45, 2.75) is 55.5 Å². The van der Waals surface area contributed by atoms with Gasteiger partial charge >= 0.3 is 5.97 Å². The summed E-state index contributed by atoms with van der Waals surface area (Å²) < 4.78 is 18.8. The van der Waals surface area contributed by atoms with Crippen molar-refractivity contribution in [3.05, 3.63) is 28.8 Å². The molecule has 2 atom stereocenters. The van der Waals surface area contributed by atoms with Crippen LogP contribution in [0.5, 0.6) is 0 Å². The van der Waals surface area contributed by atoms with Crippen molar-refractivity contribution in [1.29, 1.82) is 0 Å². The van der Waals surface area contributed by atoms with Gasteiger partial charge in [-0.05, 0) is 52.3 Å². The molecule has 1 aromatic carbocycles. The van der Waals surface area contributed by atoms with Gasteiger partial charge in [-0.3, -0.25) is 4.21 Å². The zero-order valence-electron chi connectivity index (χ0n) is 12.5. The van der Waals surface area contributed by atoms with Crippen LogP contribution in [-0.2, 0) is 15.5 Å². The molecule has 6 heteroatoms. The van der Waals surface area contributed by atoms with Crippen LogP contribution in [0.25, 0.3) is 0 Å². The molecular weight excluding hydrogens is 312 g/mol. The molecule has 1 fully saturated rings. The number of hydrogen-bond acceptors (Lipinski definition) is 3. The highest BCUT2D eigenvalue weighted by Crippen LogP contribution is 2.41. The van der Waals surface area contributed by atoms with E-state index in [1.54, 1.807) is 6.07 Å². The molecule has 1 N–H and O–H groups in total. The Morgan fingerprint density at radius 3 is 2.48 bits per heavy atom. The number of benzene rings is 1. The van der Waals surface area contributed by atoms with E-state index in [0.29, 0.717) is 11.3 Å². The van der Waals surface area contributed by atoms with Gasteiger partial charge < -0.3 is 9.84 Å². The molecule has 0 amide bonds. The van der Waals surface area contributed by atoms with Crippen molar-refractivity contribution < 1.29 is 18.8 Å². The van der Waals surface area contributed by atoms with Crippen LogP contribution in [-0.4, -0.2) is 31.7 Å². The molecule has 0 saturated carbocycles. The van der Waals surface area contributed by atoms with Crippen LogP contribution < -0.4 is 0 Å². The summed E-state index contributed by atoms with van der Waals surface area (Å²) in [6.07, 6.45) is 0.650. The fourth-order valence-electron chi connectivity index (χ4n) is 2.80. The van der Waals surface area contributed by atoms with Crippen LogP contribution in [0, 0.1) is 0 Å². The van der Waals surface area contributed by atoms with Crippen molar-refractivity contribution in [3.63, 3.8) is 0 Å². The van der Waals surface area contributed by atoms with Gasteiger partial charge in [-0.15, -0.1) is 0 Å². The summed E-state index contributed by atoms with van der Waals surface area (Å²) in [5, 5.41) is 9.06. The first-order valence-electron chi connectivity index (χ1n) is 6.67. The van der Waals surface area contributed by atoms with E-state index >= 15 is 0 Å². The minimum atomic E-state index is -1.36. The third-order valence-corrected chi connectivity index (χ3v) is 5.95. The summed E-state index contributed by atoms with van der Waals surface area (Å²) >= 11 is 5.85. The van der Waals surface area contributed by atoms with Gasteiger partial charge in [-0.25, -0.2) is 4.79 Å². The van der Waals surface area contributed by atoms with Gasteiger partial charge in [-0.1, -0.05) is 11.6 Å². The number of aromatic carboxylic acids is 1. The molecule has 1 aliphatic heterocycles. The van der Waals surface area contributed by atoms with E-state index in [1.165, 1.54) is 12.1 Å². The predicted molar refractivity (Wildman–Crippen MR) is 82.5 cm³/mol. The van der Waals surface area contributed by atoms with Crippen LogP contribution >= 0.6 is 11.6 Å². The number of rotatable bonds is 3. The van der Waals surface area contributed by atoms with Gasteiger partial charge in [0.2, 0.25) is 0 Å². The Labute approximate surface area is 131 Å². The molecule has 0 bridgehead atoms. The second kappa shape index (κ2) is 5.38. The summed E-state index contributed by atoms with van der Waals surface area (Å²) in [6.45, 7) is 7.77. The largest absolute Gasteiger partial charge is 0.478 e. The number of carboxylic acids is 1. The summed E-state index contributed by atoms with van der Waals surface area (Å²) in [7, 11) is -1.36. The van der Waals surface area contributed by atoms with Gasteiger partial charge in [0.05, 0.1) is 37.8 Å². The quantitative estimate of drug-likeness (QED) is 0.921.